The van der Waals surface area contributed by atoms with Gasteiger partial charge in [-0.2, -0.15) is 0 Å². The van der Waals surface area contributed by atoms with Crippen molar-refractivity contribution >= 4 is 0 Å². The van der Waals surface area contributed by atoms with Gasteiger partial charge in [0.25, 0.3) is 0 Å². The molecule has 0 radical (unpaired) electrons. The molecule has 2 aliphatic heterocycles. The molecule has 2 heterocycles. The summed E-state index contributed by atoms with van der Waals surface area (Å²) < 4.78 is 12.4. The van der Waals surface area contributed by atoms with Crippen LogP contribution in [0.15, 0.2) is 36.4 Å². The van der Waals surface area contributed by atoms with Crippen LogP contribution < -0.4 is 9.47 Å². The van der Waals surface area contributed by atoms with E-state index in [1.165, 1.54) is 61.3 Å². The molecule has 0 atom stereocenters. The molecule has 2 aromatic carbocycles. The largest absolute Gasteiger partial charge is 0.493 e. The molecule has 0 bridgehead atoms. The molecule has 5 heteroatoms. The Morgan fingerprint density at radius 3 is 1.76 bits per heavy atom. The summed E-state index contributed by atoms with van der Waals surface area (Å²) >= 11 is 0. The zero-order valence-electron chi connectivity index (χ0n) is 21.7. The van der Waals surface area contributed by atoms with E-state index in [9.17, 15) is 0 Å². The number of hydrogen-bond acceptors (Lipinski definition) is 5. The van der Waals surface area contributed by atoms with Gasteiger partial charge in [-0.25, -0.2) is 0 Å². The van der Waals surface area contributed by atoms with Gasteiger partial charge in [-0.15, -0.1) is 0 Å². The summed E-state index contributed by atoms with van der Waals surface area (Å²) in [6.07, 6.45) is 4.84. The molecule has 0 N–H and O–H groups in total. The first-order chi connectivity index (χ1) is 16.5. The van der Waals surface area contributed by atoms with Gasteiger partial charge in [0.1, 0.15) is 11.5 Å². The fourth-order valence-corrected chi connectivity index (χ4v) is 5.12. The maximum atomic E-state index is 6.22. The smallest absolute Gasteiger partial charge is 0.122 e. The lowest BCUT2D eigenvalue weighted by atomic mass is 9.95. The molecule has 0 unspecified atom stereocenters. The van der Waals surface area contributed by atoms with Gasteiger partial charge < -0.3 is 19.3 Å². The molecule has 2 aromatic rings. The van der Waals surface area contributed by atoms with Crippen molar-refractivity contribution in [1.82, 2.24) is 14.7 Å². The average molecular weight is 466 g/mol. The Kier molecular flexibility index (Phi) is 8.87. The van der Waals surface area contributed by atoms with Crippen LogP contribution in [-0.4, -0.2) is 87.3 Å². The summed E-state index contributed by atoms with van der Waals surface area (Å²) in [6.45, 7) is 13.0. The number of nitrogens with zero attached hydrogens (tertiary/aromatic N) is 3. The highest BCUT2D eigenvalue weighted by molar-refractivity contribution is 5.74. The van der Waals surface area contributed by atoms with E-state index in [4.69, 9.17) is 9.47 Å². The lowest BCUT2D eigenvalue weighted by molar-refractivity contribution is 0.0595. The second-order valence-corrected chi connectivity index (χ2v) is 10.2. The van der Waals surface area contributed by atoms with Crippen molar-refractivity contribution in [3.8, 4) is 22.6 Å². The molecule has 34 heavy (non-hydrogen) atoms. The second-order valence-electron chi connectivity index (χ2n) is 10.2. The van der Waals surface area contributed by atoms with E-state index >= 15 is 0 Å². The van der Waals surface area contributed by atoms with Gasteiger partial charge in [0.05, 0.1) is 13.2 Å². The zero-order chi connectivity index (χ0) is 23.9. The lowest BCUT2D eigenvalue weighted by Crippen LogP contribution is -2.57. The number of ether oxygens (including phenoxy) is 2. The summed E-state index contributed by atoms with van der Waals surface area (Å²) in [5.41, 5.74) is 4.87. The molecule has 2 saturated heterocycles. The summed E-state index contributed by atoms with van der Waals surface area (Å²) in [5.74, 6) is 1.99. The standard InChI is InChI=1S/C29H43N3O2/c1-23-26(11-7-13-28(23)33-19-9-17-31-15-5-6-16-31)27-12-8-14-29(24(27)2)34-20-10-18-32-21-25(22-32)30(3)4/h7-8,11-14,25H,5-6,9-10,15-22H2,1-4H3. The topological polar surface area (TPSA) is 28.2 Å². The first kappa shape index (κ1) is 25.0. The minimum atomic E-state index is 0.716. The molecular weight excluding hydrogens is 422 g/mol. The van der Waals surface area contributed by atoms with Crippen molar-refractivity contribution in [3.05, 3.63) is 47.5 Å². The summed E-state index contributed by atoms with van der Waals surface area (Å²) in [5, 5.41) is 0. The Bertz CT molecular complexity index is 918. The van der Waals surface area contributed by atoms with Crippen molar-refractivity contribution in [2.45, 2.75) is 45.6 Å². The SMILES string of the molecule is Cc1c(OCCCN2CCCC2)cccc1-c1cccc(OCCCN2CC(N(C)C)C2)c1C. The van der Waals surface area contributed by atoms with E-state index in [0.717, 1.165) is 50.6 Å². The molecule has 186 valence electrons. The van der Waals surface area contributed by atoms with Crippen LogP contribution >= 0.6 is 0 Å². The van der Waals surface area contributed by atoms with Crippen LogP contribution in [0.1, 0.15) is 36.8 Å². The highest BCUT2D eigenvalue weighted by Crippen LogP contribution is 2.35. The minimum absolute atomic E-state index is 0.716. The van der Waals surface area contributed by atoms with Crippen LogP contribution in [0.3, 0.4) is 0 Å². The summed E-state index contributed by atoms with van der Waals surface area (Å²) in [4.78, 5) is 7.38. The molecule has 0 aliphatic carbocycles. The first-order valence-corrected chi connectivity index (χ1v) is 13.1. The number of likely N-dealkylation sites (N-methyl/N-ethyl adjacent to an activating group) is 1. The molecule has 0 aromatic heterocycles. The Morgan fingerprint density at radius 1 is 0.765 bits per heavy atom. The van der Waals surface area contributed by atoms with Crippen LogP contribution in [0.2, 0.25) is 0 Å². The van der Waals surface area contributed by atoms with E-state index in [0.29, 0.717) is 6.04 Å². The highest BCUT2D eigenvalue weighted by Gasteiger charge is 2.27. The third-order valence-electron chi connectivity index (χ3n) is 7.48. The van der Waals surface area contributed by atoms with Gasteiger partial charge in [-0.1, -0.05) is 24.3 Å². The van der Waals surface area contributed by atoms with Crippen molar-refractivity contribution in [1.29, 1.82) is 0 Å². The van der Waals surface area contributed by atoms with Gasteiger partial charge in [0.15, 0.2) is 0 Å². The summed E-state index contributed by atoms with van der Waals surface area (Å²) in [6, 6.07) is 13.5. The van der Waals surface area contributed by atoms with E-state index in [1.807, 2.05) is 0 Å². The second kappa shape index (κ2) is 12.1. The highest BCUT2D eigenvalue weighted by atomic mass is 16.5. The van der Waals surface area contributed by atoms with Gasteiger partial charge in [0, 0.05) is 32.2 Å². The van der Waals surface area contributed by atoms with Crippen LogP contribution in [0, 0.1) is 13.8 Å². The third-order valence-corrected chi connectivity index (χ3v) is 7.48. The van der Waals surface area contributed by atoms with E-state index < -0.39 is 0 Å². The zero-order valence-corrected chi connectivity index (χ0v) is 21.7. The average Bonchev–Trinajstić information content (AvgIpc) is 3.31. The van der Waals surface area contributed by atoms with Gasteiger partial charge in [-0.3, -0.25) is 4.90 Å². The Labute approximate surface area is 206 Å². The molecule has 0 amide bonds. The first-order valence-electron chi connectivity index (χ1n) is 13.1. The number of hydrogen-bond donors (Lipinski definition) is 0. The number of rotatable bonds is 12. The Morgan fingerprint density at radius 2 is 1.26 bits per heavy atom. The van der Waals surface area contributed by atoms with Crippen molar-refractivity contribution in [2.24, 2.45) is 0 Å². The predicted molar refractivity (Wildman–Crippen MR) is 141 cm³/mol. The number of benzene rings is 2. The molecule has 0 saturated carbocycles. The van der Waals surface area contributed by atoms with Crippen molar-refractivity contribution in [2.75, 3.05) is 66.6 Å². The Balaban J connectivity index is 1.30. The quantitative estimate of drug-likeness (QED) is 0.418. The van der Waals surface area contributed by atoms with Crippen LogP contribution in [0.25, 0.3) is 11.1 Å². The minimum Gasteiger partial charge on any atom is -0.493 e. The van der Waals surface area contributed by atoms with Crippen molar-refractivity contribution < 1.29 is 9.47 Å². The van der Waals surface area contributed by atoms with E-state index in [2.05, 4.69) is 79.0 Å². The van der Waals surface area contributed by atoms with Gasteiger partial charge >= 0.3 is 0 Å². The molecule has 0 spiro atoms. The molecule has 2 aliphatic rings. The third kappa shape index (κ3) is 6.32. The fraction of sp³-hybridized carbons (Fsp3) is 0.586. The molecule has 5 nitrogen and oxygen atoms in total. The monoisotopic (exact) mass is 465 g/mol. The molecule has 4 rings (SSSR count). The maximum absolute atomic E-state index is 6.22. The van der Waals surface area contributed by atoms with Crippen molar-refractivity contribution in [3.63, 3.8) is 0 Å². The predicted octanol–water partition coefficient (Wildman–Crippen LogP) is 4.85. The van der Waals surface area contributed by atoms with E-state index in [1.54, 1.807) is 0 Å². The van der Waals surface area contributed by atoms with Crippen LogP contribution in [-0.2, 0) is 0 Å². The normalized spacial score (nSPS) is 17.3. The fourth-order valence-electron chi connectivity index (χ4n) is 5.12. The molecular formula is C29H43N3O2. The Hall–Kier alpha value is -2.08. The molecule has 2 fully saturated rings. The van der Waals surface area contributed by atoms with Crippen LogP contribution in [0.4, 0.5) is 0 Å². The number of likely N-dealkylation sites (tertiary alicyclic amines) is 2. The van der Waals surface area contributed by atoms with Crippen LogP contribution in [0.5, 0.6) is 11.5 Å². The van der Waals surface area contributed by atoms with E-state index in [-0.39, 0.29) is 0 Å². The lowest BCUT2D eigenvalue weighted by Gasteiger charge is -2.42. The summed E-state index contributed by atoms with van der Waals surface area (Å²) in [7, 11) is 4.33. The maximum Gasteiger partial charge on any atom is 0.122 e. The van der Waals surface area contributed by atoms with Gasteiger partial charge in [0.2, 0.25) is 0 Å². The van der Waals surface area contributed by atoms with Gasteiger partial charge in [-0.05, 0) is 101 Å².